The van der Waals surface area contributed by atoms with E-state index in [1.54, 1.807) is 0 Å². The molecule has 1 aromatic carbocycles. The minimum atomic E-state index is -0.321. The number of hydrogen-bond donors (Lipinski definition) is 3. The SMILES string of the molecule is CCC(O)CCNC(=O)NCC1CCN(Cc2ccc(C)cc2)CC1. The van der Waals surface area contributed by atoms with Crippen molar-refractivity contribution >= 4 is 6.03 Å². The highest BCUT2D eigenvalue weighted by molar-refractivity contribution is 5.73. The predicted octanol–water partition coefficient (Wildman–Crippen LogP) is 2.67. The van der Waals surface area contributed by atoms with Gasteiger partial charge in [-0.05, 0) is 57.2 Å². The van der Waals surface area contributed by atoms with Crippen molar-refractivity contribution in [3.8, 4) is 0 Å². The summed E-state index contributed by atoms with van der Waals surface area (Å²) in [5, 5.41) is 15.2. The van der Waals surface area contributed by atoms with Gasteiger partial charge >= 0.3 is 6.03 Å². The molecule has 1 unspecified atom stereocenters. The highest BCUT2D eigenvalue weighted by atomic mass is 16.3. The number of rotatable bonds is 8. The zero-order valence-electron chi connectivity index (χ0n) is 15.6. The van der Waals surface area contributed by atoms with E-state index in [2.05, 4.69) is 46.7 Å². The van der Waals surface area contributed by atoms with Gasteiger partial charge in [-0.2, -0.15) is 0 Å². The van der Waals surface area contributed by atoms with Crippen molar-refractivity contribution < 1.29 is 9.90 Å². The minimum Gasteiger partial charge on any atom is -0.393 e. The lowest BCUT2D eigenvalue weighted by molar-refractivity contribution is 0.159. The zero-order chi connectivity index (χ0) is 18.1. The number of carbonyl (C=O) groups is 1. The van der Waals surface area contributed by atoms with Gasteiger partial charge in [0.1, 0.15) is 0 Å². The van der Waals surface area contributed by atoms with Crippen molar-refractivity contribution in [1.82, 2.24) is 15.5 Å². The Bertz CT molecular complexity index is 510. The van der Waals surface area contributed by atoms with Crippen LogP contribution in [-0.2, 0) is 6.54 Å². The Morgan fingerprint density at radius 3 is 2.56 bits per heavy atom. The Labute approximate surface area is 151 Å². The lowest BCUT2D eigenvalue weighted by Gasteiger charge is -2.32. The van der Waals surface area contributed by atoms with E-state index in [0.717, 1.165) is 45.4 Å². The molecule has 2 amide bonds. The second-order valence-corrected chi connectivity index (χ2v) is 7.19. The average molecular weight is 348 g/mol. The van der Waals surface area contributed by atoms with Crippen LogP contribution in [0.4, 0.5) is 4.79 Å². The maximum Gasteiger partial charge on any atom is 0.314 e. The first-order valence-electron chi connectivity index (χ1n) is 9.54. The summed E-state index contributed by atoms with van der Waals surface area (Å²) in [7, 11) is 0. The topological polar surface area (TPSA) is 64.6 Å². The van der Waals surface area contributed by atoms with Gasteiger partial charge in [0.15, 0.2) is 0 Å². The van der Waals surface area contributed by atoms with E-state index in [-0.39, 0.29) is 12.1 Å². The summed E-state index contributed by atoms with van der Waals surface area (Å²) in [5.74, 6) is 0.557. The standard InChI is InChI=1S/C20H33N3O2/c1-3-19(24)8-11-21-20(25)22-14-17-9-12-23(13-10-17)15-18-6-4-16(2)5-7-18/h4-7,17,19,24H,3,8-15H2,1-2H3,(H2,21,22,25). The summed E-state index contributed by atoms with van der Waals surface area (Å²) in [6.45, 7) is 8.51. The van der Waals surface area contributed by atoms with Crippen molar-refractivity contribution in [3.05, 3.63) is 35.4 Å². The van der Waals surface area contributed by atoms with Crippen LogP contribution in [0.5, 0.6) is 0 Å². The van der Waals surface area contributed by atoms with E-state index in [1.165, 1.54) is 11.1 Å². The highest BCUT2D eigenvalue weighted by Gasteiger charge is 2.19. The van der Waals surface area contributed by atoms with E-state index in [1.807, 2.05) is 6.92 Å². The Morgan fingerprint density at radius 1 is 1.24 bits per heavy atom. The van der Waals surface area contributed by atoms with Crippen molar-refractivity contribution in [3.63, 3.8) is 0 Å². The van der Waals surface area contributed by atoms with Gasteiger partial charge in [0.25, 0.3) is 0 Å². The lowest BCUT2D eigenvalue weighted by Crippen LogP contribution is -2.42. The number of aliphatic hydroxyl groups excluding tert-OH is 1. The third-order valence-corrected chi connectivity index (χ3v) is 5.02. The van der Waals surface area contributed by atoms with Crippen LogP contribution in [0, 0.1) is 12.8 Å². The first kappa shape index (κ1) is 19.7. The van der Waals surface area contributed by atoms with Gasteiger partial charge in [-0.25, -0.2) is 4.79 Å². The molecule has 140 valence electrons. The molecule has 1 aromatic rings. The highest BCUT2D eigenvalue weighted by Crippen LogP contribution is 2.18. The van der Waals surface area contributed by atoms with Crippen LogP contribution in [0.2, 0.25) is 0 Å². The number of nitrogens with one attached hydrogen (secondary N) is 2. The Kier molecular flexibility index (Phi) is 8.22. The van der Waals surface area contributed by atoms with Gasteiger partial charge in [0.05, 0.1) is 6.10 Å². The van der Waals surface area contributed by atoms with Gasteiger partial charge in [0, 0.05) is 19.6 Å². The third kappa shape index (κ3) is 7.45. The number of aryl methyl sites for hydroxylation is 1. The molecule has 1 fully saturated rings. The molecule has 5 heteroatoms. The first-order valence-corrected chi connectivity index (χ1v) is 9.54. The number of nitrogens with zero attached hydrogens (tertiary/aromatic N) is 1. The smallest absolute Gasteiger partial charge is 0.314 e. The van der Waals surface area contributed by atoms with Gasteiger partial charge in [-0.3, -0.25) is 4.90 Å². The number of likely N-dealkylation sites (tertiary alicyclic amines) is 1. The number of benzene rings is 1. The molecule has 0 aromatic heterocycles. The van der Waals surface area contributed by atoms with Crippen LogP contribution in [0.25, 0.3) is 0 Å². The van der Waals surface area contributed by atoms with Crippen LogP contribution in [0.15, 0.2) is 24.3 Å². The summed E-state index contributed by atoms with van der Waals surface area (Å²) in [4.78, 5) is 14.3. The summed E-state index contributed by atoms with van der Waals surface area (Å²) in [6, 6.07) is 8.64. The Hall–Kier alpha value is -1.59. The molecule has 1 heterocycles. The van der Waals surface area contributed by atoms with Crippen LogP contribution < -0.4 is 10.6 Å². The molecule has 0 aliphatic carbocycles. The van der Waals surface area contributed by atoms with Crippen molar-refractivity contribution in [2.24, 2.45) is 5.92 Å². The van der Waals surface area contributed by atoms with Crippen LogP contribution in [0.3, 0.4) is 0 Å². The second-order valence-electron chi connectivity index (χ2n) is 7.19. The van der Waals surface area contributed by atoms with E-state index in [0.29, 0.717) is 18.9 Å². The lowest BCUT2D eigenvalue weighted by atomic mass is 9.96. The van der Waals surface area contributed by atoms with Crippen molar-refractivity contribution in [2.75, 3.05) is 26.2 Å². The van der Waals surface area contributed by atoms with Gasteiger partial charge < -0.3 is 15.7 Å². The molecule has 5 nitrogen and oxygen atoms in total. The fourth-order valence-corrected chi connectivity index (χ4v) is 3.16. The van der Waals surface area contributed by atoms with E-state index >= 15 is 0 Å². The van der Waals surface area contributed by atoms with E-state index in [4.69, 9.17) is 0 Å². The van der Waals surface area contributed by atoms with E-state index < -0.39 is 0 Å². The fraction of sp³-hybridized carbons (Fsp3) is 0.650. The average Bonchev–Trinajstić information content (AvgIpc) is 2.63. The fourth-order valence-electron chi connectivity index (χ4n) is 3.16. The summed E-state index contributed by atoms with van der Waals surface area (Å²) < 4.78 is 0. The second kappa shape index (κ2) is 10.4. The number of urea groups is 1. The largest absolute Gasteiger partial charge is 0.393 e. The molecule has 0 radical (unpaired) electrons. The number of amides is 2. The third-order valence-electron chi connectivity index (χ3n) is 5.02. The molecule has 0 saturated carbocycles. The van der Waals surface area contributed by atoms with Crippen molar-refractivity contribution in [1.29, 1.82) is 0 Å². The molecular weight excluding hydrogens is 314 g/mol. The molecule has 0 bridgehead atoms. The quantitative estimate of drug-likeness (QED) is 0.677. The Balaban J connectivity index is 1.58. The summed E-state index contributed by atoms with van der Waals surface area (Å²) >= 11 is 0. The number of piperidine rings is 1. The maximum atomic E-state index is 11.8. The molecule has 2 rings (SSSR count). The molecule has 25 heavy (non-hydrogen) atoms. The number of carbonyl (C=O) groups excluding carboxylic acids is 1. The monoisotopic (exact) mass is 347 g/mol. The van der Waals surface area contributed by atoms with Crippen LogP contribution >= 0.6 is 0 Å². The van der Waals surface area contributed by atoms with E-state index in [9.17, 15) is 9.90 Å². The summed E-state index contributed by atoms with van der Waals surface area (Å²) in [6.07, 6.45) is 3.27. The van der Waals surface area contributed by atoms with Crippen molar-refractivity contribution in [2.45, 2.75) is 52.2 Å². The van der Waals surface area contributed by atoms with Gasteiger partial charge in [-0.15, -0.1) is 0 Å². The zero-order valence-corrected chi connectivity index (χ0v) is 15.6. The normalized spacial score (nSPS) is 17.2. The maximum absolute atomic E-state index is 11.8. The molecule has 0 spiro atoms. The van der Waals surface area contributed by atoms with Gasteiger partial charge in [0.2, 0.25) is 0 Å². The molecule has 1 aliphatic rings. The van der Waals surface area contributed by atoms with Crippen LogP contribution in [-0.4, -0.2) is 48.3 Å². The molecule has 1 atom stereocenters. The predicted molar refractivity (Wildman–Crippen MR) is 101 cm³/mol. The molecule has 1 saturated heterocycles. The number of aliphatic hydroxyl groups is 1. The van der Waals surface area contributed by atoms with Gasteiger partial charge in [-0.1, -0.05) is 36.8 Å². The molecule has 3 N–H and O–H groups in total. The van der Waals surface area contributed by atoms with Crippen LogP contribution in [0.1, 0.15) is 43.7 Å². The number of hydrogen-bond acceptors (Lipinski definition) is 3. The molecule has 1 aliphatic heterocycles. The molecular formula is C20H33N3O2. The Morgan fingerprint density at radius 2 is 1.92 bits per heavy atom. The summed E-state index contributed by atoms with van der Waals surface area (Å²) in [5.41, 5.74) is 2.67. The first-order chi connectivity index (χ1) is 12.1. The minimum absolute atomic E-state index is 0.120.